The smallest absolute Gasteiger partial charge is 0.407 e. The molecular formula is C40H44N2O13. The highest BCUT2D eigenvalue weighted by molar-refractivity contribution is 5.82. The van der Waals surface area contributed by atoms with Crippen molar-refractivity contribution >= 4 is 35.9 Å². The number of ether oxygens (including phenoxy) is 7. The Balaban J connectivity index is 1.39. The lowest BCUT2D eigenvalue weighted by atomic mass is 9.95. The zero-order chi connectivity index (χ0) is 39.6. The van der Waals surface area contributed by atoms with E-state index < -0.39 is 85.3 Å². The van der Waals surface area contributed by atoms with Crippen molar-refractivity contribution in [1.82, 2.24) is 10.6 Å². The van der Waals surface area contributed by atoms with Crippen LogP contribution in [0.2, 0.25) is 0 Å². The quantitative estimate of drug-likeness (QED) is 0.179. The number of carbonyl (C=O) groups excluding carboxylic acids is 6. The minimum Gasteiger partial charge on any atom is -0.463 e. The monoisotopic (exact) mass is 760 g/mol. The van der Waals surface area contributed by atoms with E-state index in [2.05, 4.69) is 10.6 Å². The van der Waals surface area contributed by atoms with Crippen LogP contribution in [0.25, 0.3) is 11.1 Å². The van der Waals surface area contributed by atoms with Gasteiger partial charge in [0.1, 0.15) is 32.0 Å². The van der Waals surface area contributed by atoms with E-state index in [0.717, 1.165) is 43.0 Å². The first-order valence-electron chi connectivity index (χ1n) is 17.7. The molecule has 2 aliphatic rings. The van der Waals surface area contributed by atoms with Gasteiger partial charge in [-0.05, 0) is 34.7 Å². The van der Waals surface area contributed by atoms with Gasteiger partial charge in [0.05, 0.1) is 6.10 Å². The molecule has 0 saturated carbocycles. The molecule has 0 bridgehead atoms. The molecule has 15 heteroatoms. The van der Waals surface area contributed by atoms with Crippen LogP contribution in [0.1, 0.15) is 57.2 Å². The summed E-state index contributed by atoms with van der Waals surface area (Å²) in [6.07, 6.45) is -7.76. The Labute approximate surface area is 317 Å². The first-order valence-corrected chi connectivity index (χ1v) is 17.7. The zero-order valence-corrected chi connectivity index (χ0v) is 31.1. The number of hydrogen-bond acceptors (Lipinski definition) is 13. The van der Waals surface area contributed by atoms with Crippen molar-refractivity contribution in [3.05, 3.63) is 95.6 Å². The van der Waals surface area contributed by atoms with Gasteiger partial charge in [0.25, 0.3) is 0 Å². The van der Waals surface area contributed by atoms with Gasteiger partial charge in [0.15, 0.2) is 24.5 Å². The van der Waals surface area contributed by atoms with E-state index in [4.69, 9.17) is 33.2 Å². The summed E-state index contributed by atoms with van der Waals surface area (Å²) in [5.41, 5.74) is 4.73. The normalized spacial score (nSPS) is 21.1. The number of benzene rings is 3. The minimum atomic E-state index is -1.52. The van der Waals surface area contributed by atoms with Gasteiger partial charge in [0.2, 0.25) is 5.91 Å². The molecule has 55 heavy (non-hydrogen) atoms. The third-order valence-corrected chi connectivity index (χ3v) is 8.98. The Hall–Kier alpha value is -5.80. The minimum absolute atomic E-state index is 0.0450. The van der Waals surface area contributed by atoms with Gasteiger partial charge in [0, 0.05) is 33.6 Å². The van der Waals surface area contributed by atoms with Crippen molar-refractivity contribution < 1.29 is 61.9 Å². The molecule has 0 aromatic heterocycles. The second kappa shape index (κ2) is 18.5. The lowest BCUT2D eigenvalue weighted by molar-refractivity contribution is -0.288. The second-order valence-electron chi connectivity index (χ2n) is 13.1. The van der Waals surface area contributed by atoms with Crippen LogP contribution in [0.3, 0.4) is 0 Å². The molecule has 2 unspecified atom stereocenters. The number of fused-ring (bicyclic) bond motifs is 3. The highest BCUT2D eigenvalue weighted by Gasteiger charge is 2.52. The number of esters is 4. The fourth-order valence-corrected chi connectivity index (χ4v) is 6.65. The van der Waals surface area contributed by atoms with E-state index in [9.17, 15) is 28.8 Å². The number of amides is 2. The van der Waals surface area contributed by atoms with Gasteiger partial charge in [-0.15, -0.1) is 0 Å². The van der Waals surface area contributed by atoms with Crippen molar-refractivity contribution in [3.63, 3.8) is 0 Å². The SMILES string of the molecule is CC(=O)NC1[C@H](O[C@H](C)[C@H](NC(=O)OCC2c3ccccc3-c3ccccc32)C(=O)OCc2ccccc2)OC(COC(C)=O)[C@H](OC(C)=O)[C@@H]1OC(C)=O. The van der Waals surface area contributed by atoms with Gasteiger partial charge in [-0.3, -0.25) is 19.2 Å². The highest BCUT2D eigenvalue weighted by Crippen LogP contribution is 2.44. The molecule has 5 rings (SSSR count). The summed E-state index contributed by atoms with van der Waals surface area (Å²) in [5.74, 6) is -4.00. The summed E-state index contributed by atoms with van der Waals surface area (Å²) >= 11 is 0. The second-order valence-corrected chi connectivity index (χ2v) is 13.1. The first-order chi connectivity index (χ1) is 26.3. The van der Waals surface area contributed by atoms with Crippen molar-refractivity contribution in [1.29, 1.82) is 0 Å². The lowest BCUT2D eigenvalue weighted by Crippen LogP contribution is -2.67. The van der Waals surface area contributed by atoms with Crippen molar-refractivity contribution in [2.75, 3.05) is 13.2 Å². The van der Waals surface area contributed by atoms with Crippen LogP contribution >= 0.6 is 0 Å². The number of nitrogens with one attached hydrogen (secondary N) is 2. The zero-order valence-electron chi connectivity index (χ0n) is 31.1. The van der Waals surface area contributed by atoms with Crippen LogP contribution in [-0.4, -0.2) is 91.9 Å². The van der Waals surface area contributed by atoms with Crippen LogP contribution in [-0.2, 0) is 63.7 Å². The van der Waals surface area contributed by atoms with E-state index in [-0.39, 0.29) is 19.1 Å². The van der Waals surface area contributed by atoms with Crippen molar-refractivity contribution in [3.8, 4) is 11.1 Å². The summed E-state index contributed by atoms with van der Waals surface area (Å²) in [5, 5.41) is 5.18. The summed E-state index contributed by atoms with van der Waals surface area (Å²) < 4.78 is 39.8. The Morgan fingerprint density at radius 2 is 1.27 bits per heavy atom. The molecule has 0 spiro atoms. The Morgan fingerprint density at radius 1 is 0.691 bits per heavy atom. The van der Waals surface area contributed by atoms with E-state index in [0.29, 0.717) is 5.56 Å². The standard InChI is InChI=1S/C40H44N2O13/c1-22(52-39-35(41-23(2)43)37(54-26(5)46)36(53-25(4)45)33(55-39)21-49-24(3)44)34(38(47)50-19-27-13-7-6-8-14-27)42-40(48)51-20-32-30-17-11-9-15-28(30)29-16-10-12-18-31(29)32/h6-18,22,32-37,39H,19-21H2,1-5H3,(H,41,43)(H,42,48)/t22-,33?,34+,35?,36+,37-,39-/m1/s1. The van der Waals surface area contributed by atoms with Gasteiger partial charge in [-0.2, -0.15) is 0 Å². The molecule has 292 valence electrons. The molecule has 15 nitrogen and oxygen atoms in total. The Kier molecular flexibility index (Phi) is 13.6. The molecule has 0 radical (unpaired) electrons. The number of rotatable bonds is 14. The summed E-state index contributed by atoms with van der Waals surface area (Å²) in [4.78, 5) is 75.9. The average molecular weight is 761 g/mol. The first kappa shape index (κ1) is 40.4. The molecular weight excluding hydrogens is 716 g/mol. The third kappa shape index (κ3) is 10.5. The summed E-state index contributed by atoms with van der Waals surface area (Å²) in [6.45, 7) is 5.39. The predicted octanol–water partition coefficient (Wildman–Crippen LogP) is 3.70. The molecule has 1 saturated heterocycles. The molecule has 1 aliphatic heterocycles. The number of carbonyl (C=O) groups is 6. The lowest BCUT2D eigenvalue weighted by Gasteiger charge is -2.45. The summed E-state index contributed by atoms with van der Waals surface area (Å²) in [7, 11) is 0. The van der Waals surface area contributed by atoms with Crippen LogP contribution < -0.4 is 10.6 Å². The molecule has 1 aliphatic carbocycles. The predicted molar refractivity (Wildman–Crippen MR) is 193 cm³/mol. The molecule has 3 aromatic rings. The van der Waals surface area contributed by atoms with Crippen LogP contribution in [0.15, 0.2) is 78.9 Å². The maximum Gasteiger partial charge on any atom is 0.407 e. The van der Waals surface area contributed by atoms with E-state index in [1.165, 1.54) is 13.8 Å². The topological polar surface area (TPSA) is 191 Å². The van der Waals surface area contributed by atoms with E-state index in [1.54, 1.807) is 24.3 Å². The fourth-order valence-electron chi connectivity index (χ4n) is 6.65. The molecule has 2 amide bonds. The molecule has 1 heterocycles. The van der Waals surface area contributed by atoms with E-state index in [1.807, 2.05) is 54.6 Å². The van der Waals surface area contributed by atoms with Gasteiger partial charge in [-0.25, -0.2) is 9.59 Å². The fraction of sp³-hybridized carbons (Fsp3) is 0.400. The average Bonchev–Trinajstić information content (AvgIpc) is 3.46. The maximum atomic E-state index is 13.7. The number of alkyl carbamates (subject to hydrolysis) is 1. The van der Waals surface area contributed by atoms with Crippen molar-refractivity contribution in [2.24, 2.45) is 0 Å². The molecule has 1 fully saturated rings. The molecule has 7 atom stereocenters. The van der Waals surface area contributed by atoms with Crippen molar-refractivity contribution in [2.45, 2.75) is 89.9 Å². The molecule has 3 aromatic carbocycles. The summed E-state index contributed by atoms with van der Waals surface area (Å²) in [6, 6.07) is 21.7. The van der Waals surface area contributed by atoms with Gasteiger partial charge >= 0.3 is 30.0 Å². The number of hydrogen-bond donors (Lipinski definition) is 2. The van der Waals surface area contributed by atoms with Gasteiger partial charge in [-0.1, -0.05) is 78.9 Å². The largest absolute Gasteiger partial charge is 0.463 e. The van der Waals surface area contributed by atoms with Crippen LogP contribution in [0.5, 0.6) is 0 Å². The van der Waals surface area contributed by atoms with Crippen LogP contribution in [0, 0.1) is 0 Å². The maximum absolute atomic E-state index is 13.7. The van der Waals surface area contributed by atoms with Gasteiger partial charge < -0.3 is 43.8 Å². The van der Waals surface area contributed by atoms with Crippen LogP contribution in [0.4, 0.5) is 4.79 Å². The molecule has 2 N–H and O–H groups in total. The highest BCUT2D eigenvalue weighted by atomic mass is 16.7. The van der Waals surface area contributed by atoms with E-state index >= 15 is 0 Å². The Morgan fingerprint density at radius 3 is 1.85 bits per heavy atom. The third-order valence-electron chi connectivity index (χ3n) is 8.98. The Bertz CT molecular complexity index is 1820.